The zero-order valence-electron chi connectivity index (χ0n) is 35.5. The molecule has 8 heteroatoms. The molecule has 1 aromatic carbocycles. The topological polar surface area (TPSA) is 94.5 Å². The summed E-state index contributed by atoms with van der Waals surface area (Å²) >= 11 is 0. The molecule has 0 unspecified atom stereocenters. The molecule has 0 aliphatic carbocycles. The number of aliphatic hydroxyl groups is 1. The summed E-state index contributed by atoms with van der Waals surface area (Å²) in [5.74, 6) is -0.295. The number of esters is 2. The Morgan fingerprint density at radius 3 is 1.75 bits per heavy atom. The smallest absolute Gasteiger partial charge is 0.306 e. The fraction of sp³-hybridized carbons (Fsp3) is 0.745. The molecular formula is C47H81NO7. The van der Waals surface area contributed by atoms with Gasteiger partial charge in [0.2, 0.25) is 0 Å². The van der Waals surface area contributed by atoms with E-state index in [1.54, 1.807) is 0 Å². The molecule has 0 bridgehead atoms. The molecular weight excluding hydrogens is 691 g/mol. The van der Waals surface area contributed by atoms with Crippen molar-refractivity contribution in [1.82, 2.24) is 4.90 Å². The maximum Gasteiger partial charge on any atom is 0.306 e. The number of rotatable bonds is 39. The first-order chi connectivity index (χ1) is 27.0. The van der Waals surface area contributed by atoms with Gasteiger partial charge in [-0.1, -0.05) is 108 Å². The molecule has 0 fully saturated rings. The molecule has 1 rings (SSSR count). The maximum atomic E-state index is 12.5. The van der Waals surface area contributed by atoms with Crippen LogP contribution in [0.15, 0.2) is 48.6 Å². The van der Waals surface area contributed by atoms with Gasteiger partial charge in [-0.3, -0.25) is 9.59 Å². The van der Waals surface area contributed by atoms with Gasteiger partial charge in [0.15, 0.2) is 6.29 Å². The number of aliphatic hydroxyl groups excluding tert-OH is 1. The summed E-state index contributed by atoms with van der Waals surface area (Å²) in [6.07, 6.45) is 31.0. The fourth-order valence-electron chi connectivity index (χ4n) is 6.26. The quantitative estimate of drug-likeness (QED) is 0.0306. The molecule has 0 amide bonds. The third-order valence-electron chi connectivity index (χ3n) is 9.67. The predicted molar refractivity (Wildman–Crippen MR) is 227 cm³/mol. The van der Waals surface area contributed by atoms with E-state index in [1.807, 2.05) is 0 Å². The van der Waals surface area contributed by atoms with Gasteiger partial charge in [0.1, 0.15) is 6.61 Å². The predicted octanol–water partition coefficient (Wildman–Crippen LogP) is 11.2. The van der Waals surface area contributed by atoms with Crippen LogP contribution in [0.2, 0.25) is 0 Å². The van der Waals surface area contributed by atoms with Crippen LogP contribution in [0, 0.1) is 0 Å². The molecule has 0 saturated heterocycles. The second-order valence-corrected chi connectivity index (χ2v) is 14.8. The van der Waals surface area contributed by atoms with Crippen LogP contribution in [0.1, 0.15) is 173 Å². The molecule has 0 spiro atoms. The van der Waals surface area contributed by atoms with Crippen LogP contribution >= 0.6 is 0 Å². The van der Waals surface area contributed by atoms with Crippen molar-refractivity contribution in [3.05, 3.63) is 59.7 Å². The Balaban J connectivity index is 2.13. The van der Waals surface area contributed by atoms with E-state index in [1.165, 1.54) is 18.4 Å². The monoisotopic (exact) mass is 772 g/mol. The average molecular weight is 772 g/mol. The molecule has 55 heavy (non-hydrogen) atoms. The highest BCUT2D eigenvalue weighted by Crippen LogP contribution is 2.13. The zero-order valence-corrected chi connectivity index (χ0v) is 35.5. The van der Waals surface area contributed by atoms with Crippen molar-refractivity contribution >= 4 is 11.9 Å². The van der Waals surface area contributed by atoms with E-state index in [0.29, 0.717) is 52.2 Å². The van der Waals surface area contributed by atoms with Gasteiger partial charge in [-0.2, -0.15) is 0 Å². The van der Waals surface area contributed by atoms with E-state index < -0.39 is 0 Å². The number of unbranched alkanes of at least 4 members (excludes halogenated alkanes) is 12. The molecule has 8 nitrogen and oxygen atoms in total. The second-order valence-electron chi connectivity index (χ2n) is 14.8. The van der Waals surface area contributed by atoms with E-state index in [4.69, 9.17) is 18.9 Å². The summed E-state index contributed by atoms with van der Waals surface area (Å²) in [6.45, 7) is 11.4. The third kappa shape index (κ3) is 32.3. The van der Waals surface area contributed by atoms with Crippen molar-refractivity contribution in [2.45, 2.75) is 181 Å². The number of carbonyl (C=O) groups is 2. The number of carbonyl (C=O) groups excluding carboxylic acids is 2. The van der Waals surface area contributed by atoms with E-state index in [0.717, 1.165) is 134 Å². The van der Waals surface area contributed by atoms with Crippen molar-refractivity contribution < 1.29 is 33.6 Å². The minimum Gasteiger partial charge on any atom is -0.466 e. The summed E-state index contributed by atoms with van der Waals surface area (Å²) in [5.41, 5.74) is 2.38. The van der Waals surface area contributed by atoms with E-state index in [2.05, 4.69) is 74.2 Å². The van der Waals surface area contributed by atoms with Crippen LogP contribution in [0.5, 0.6) is 0 Å². The number of ether oxygens (including phenoxy) is 4. The van der Waals surface area contributed by atoms with Gasteiger partial charge in [-0.15, -0.1) is 0 Å². The molecule has 0 saturated carbocycles. The Kier molecular flexibility index (Phi) is 35.2. The summed E-state index contributed by atoms with van der Waals surface area (Å²) in [4.78, 5) is 27.0. The van der Waals surface area contributed by atoms with Crippen LogP contribution in [-0.4, -0.2) is 74.3 Å². The minimum atomic E-state index is -0.364. The van der Waals surface area contributed by atoms with Crippen LogP contribution < -0.4 is 0 Å². The van der Waals surface area contributed by atoms with Crippen molar-refractivity contribution in [2.24, 2.45) is 0 Å². The first kappa shape index (κ1) is 50.5. The minimum absolute atomic E-state index is 0.115. The number of benzene rings is 1. The van der Waals surface area contributed by atoms with Gasteiger partial charge in [0.25, 0.3) is 0 Å². The Morgan fingerprint density at radius 2 is 1.15 bits per heavy atom. The molecule has 0 atom stereocenters. The molecule has 0 heterocycles. The Hall–Kier alpha value is -2.52. The first-order valence-corrected chi connectivity index (χ1v) is 22.3. The van der Waals surface area contributed by atoms with Crippen molar-refractivity contribution in [2.75, 3.05) is 46.1 Å². The van der Waals surface area contributed by atoms with E-state index >= 15 is 0 Å². The lowest BCUT2D eigenvalue weighted by Crippen LogP contribution is -2.29. The van der Waals surface area contributed by atoms with Crippen molar-refractivity contribution in [1.29, 1.82) is 0 Å². The Morgan fingerprint density at radius 1 is 0.600 bits per heavy atom. The SMILES string of the molecule is CC/C=C\CCCCOC(CCC(=O)OCCCCCCN(CCO)CCCCCCCC(=O)OCc1ccc(CCCC)cc1)OCCCC/C=C\CC. The second kappa shape index (κ2) is 38.4. The van der Waals surface area contributed by atoms with Gasteiger partial charge < -0.3 is 29.0 Å². The van der Waals surface area contributed by atoms with Gasteiger partial charge in [0, 0.05) is 32.6 Å². The molecule has 0 aromatic heterocycles. The molecule has 1 N–H and O–H groups in total. The van der Waals surface area contributed by atoms with Gasteiger partial charge >= 0.3 is 11.9 Å². The summed E-state index contributed by atoms with van der Waals surface area (Å²) < 4.78 is 23.1. The number of hydrogen-bond acceptors (Lipinski definition) is 8. The average Bonchev–Trinajstić information content (AvgIpc) is 3.19. The zero-order chi connectivity index (χ0) is 39.9. The van der Waals surface area contributed by atoms with Gasteiger partial charge in [-0.05, 0) is 114 Å². The summed E-state index contributed by atoms with van der Waals surface area (Å²) in [7, 11) is 0. The molecule has 1 aromatic rings. The third-order valence-corrected chi connectivity index (χ3v) is 9.67. The Labute approximate surface area is 336 Å². The van der Waals surface area contributed by atoms with Crippen LogP contribution in [0.25, 0.3) is 0 Å². The lowest BCUT2D eigenvalue weighted by atomic mass is 10.1. The largest absolute Gasteiger partial charge is 0.466 e. The van der Waals surface area contributed by atoms with Crippen molar-refractivity contribution in [3.8, 4) is 0 Å². The molecule has 316 valence electrons. The Bertz CT molecular complexity index is 1050. The van der Waals surface area contributed by atoms with Gasteiger partial charge in [0.05, 0.1) is 19.6 Å². The van der Waals surface area contributed by atoms with Crippen molar-refractivity contribution in [3.63, 3.8) is 0 Å². The van der Waals surface area contributed by atoms with Gasteiger partial charge in [-0.25, -0.2) is 0 Å². The molecule has 0 aliphatic heterocycles. The highest BCUT2D eigenvalue weighted by Gasteiger charge is 2.14. The fourth-order valence-corrected chi connectivity index (χ4v) is 6.26. The lowest BCUT2D eigenvalue weighted by molar-refractivity contribution is -0.159. The molecule has 0 radical (unpaired) electrons. The normalized spacial score (nSPS) is 11.8. The first-order valence-electron chi connectivity index (χ1n) is 22.3. The van der Waals surface area contributed by atoms with E-state index in [-0.39, 0.29) is 24.8 Å². The van der Waals surface area contributed by atoms with Crippen LogP contribution in [0.3, 0.4) is 0 Å². The number of nitrogens with zero attached hydrogens (tertiary/aromatic N) is 1. The highest BCUT2D eigenvalue weighted by atomic mass is 16.7. The summed E-state index contributed by atoms with van der Waals surface area (Å²) in [6, 6.07) is 8.40. The number of aryl methyl sites for hydroxylation is 1. The summed E-state index contributed by atoms with van der Waals surface area (Å²) in [5, 5.41) is 9.55. The highest BCUT2D eigenvalue weighted by molar-refractivity contribution is 5.69. The lowest BCUT2D eigenvalue weighted by Gasteiger charge is -2.21. The van der Waals surface area contributed by atoms with Crippen LogP contribution in [-0.2, 0) is 41.6 Å². The standard InChI is InChI=1S/C47H81NO7/c1-4-7-10-12-18-25-40-53-47(54-41-26-19-13-11-8-5-2)34-33-46(51)52-39-24-20-17-23-36-48(37-38-49)35-22-16-14-15-21-28-45(50)55-42-44-31-29-43(30-32-44)27-9-6-3/h7-8,10-11,29-32,47,49H,4-6,9,12-28,33-42H2,1-3H3/b10-7-,11-8-. The van der Waals surface area contributed by atoms with E-state index in [9.17, 15) is 14.7 Å². The number of hydrogen-bond donors (Lipinski definition) is 1. The molecule has 0 aliphatic rings. The number of allylic oxidation sites excluding steroid dienone is 4. The van der Waals surface area contributed by atoms with Crippen LogP contribution in [0.4, 0.5) is 0 Å². The maximum absolute atomic E-state index is 12.5.